The zero-order valence-corrected chi connectivity index (χ0v) is 21.5. The van der Waals surface area contributed by atoms with Gasteiger partial charge in [0.05, 0.1) is 16.9 Å². The summed E-state index contributed by atoms with van der Waals surface area (Å²) in [5.41, 5.74) is 0.297. The second-order valence-corrected chi connectivity index (χ2v) is 10.5. The van der Waals surface area contributed by atoms with Gasteiger partial charge in [0.25, 0.3) is 5.69 Å². The standard InChI is InChI=1S/C23H29ClN4O6S/c1-5-16(2)25-23(30)17(3)26(14-18-8-6-9-19(24)12-18)22(29)15-27(35(4,33)34)20-10-7-11-21(13-20)28(31)32/h6-13,16-17H,5,14-15H2,1-4H3,(H,25,30)/t16-,17-/m0/s1. The highest BCUT2D eigenvalue weighted by molar-refractivity contribution is 7.92. The Hall–Kier alpha value is -3.18. The highest BCUT2D eigenvalue weighted by Crippen LogP contribution is 2.24. The Balaban J connectivity index is 2.43. The van der Waals surface area contributed by atoms with E-state index in [4.69, 9.17) is 11.6 Å². The molecule has 0 heterocycles. The summed E-state index contributed by atoms with van der Waals surface area (Å²) in [5, 5.41) is 14.4. The van der Waals surface area contributed by atoms with Crippen LogP contribution in [0.1, 0.15) is 32.8 Å². The minimum absolute atomic E-state index is 0.00102. The normalized spacial score (nSPS) is 12.9. The van der Waals surface area contributed by atoms with Gasteiger partial charge in [0.2, 0.25) is 21.8 Å². The van der Waals surface area contributed by atoms with E-state index in [-0.39, 0.29) is 24.0 Å². The molecule has 0 saturated carbocycles. The van der Waals surface area contributed by atoms with Gasteiger partial charge < -0.3 is 10.2 Å². The Morgan fingerprint density at radius 1 is 1.14 bits per heavy atom. The van der Waals surface area contributed by atoms with Crippen LogP contribution in [0, 0.1) is 10.1 Å². The Labute approximate surface area is 210 Å². The molecule has 0 aliphatic rings. The highest BCUT2D eigenvalue weighted by Gasteiger charge is 2.31. The van der Waals surface area contributed by atoms with Crippen molar-refractivity contribution in [2.45, 2.75) is 45.8 Å². The molecule has 35 heavy (non-hydrogen) atoms. The predicted molar refractivity (Wildman–Crippen MR) is 135 cm³/mol. The number of nitro benzene ring substituents is 1. The van der Waals surface area contributed by atoms with Gasteiger partial charge in [0, 0.05) is 29.7 Å². The predicted octanol–water partition coefficient (Wildman–Crippen LogP) is 3.35. The zero-order valence-electron chi connectivity index (χ0n) is 20.0. The van der Waals surface area contributed by atoms with Gasteiger partial charge in [-0.3, -0.25) is 24.0 Å². The summed E-state index contributed by atoms with van der Waals surface area (Å²) in [6, 6.07) is 10.7. The molecule has 12 heteroatoms. The third-order valence-electron chi connectivity index (χ3n) is 5.42. The Morgan fingerprint density at radius 2 is 1.80 bits per heavy atom. The van der Waals surface area contributed by atoms with E-state index in [1.807, 2.05) is 13.8 Å². The summed E-state index contributed by atoms with van der Waals surface area (Å²) in [7, 11) is -4.00. The molecule has 2 rings (SSSR count). The van der Waals surface area contributed by atoms with Crippen molar-refractivity contribution in [2.24, 2.45) is 0 Å². The highest BCUT2D eigenvalue weighted by atomic mass is 35.5. The van der Waals surface area contributed by atoms with Crippen molar-refractivity contribution in [1.82, 2.24) is 10.2 Å². The first kappa shape index (κ1) is 28.1. The van der Waals surface area contributed by atoms with Crippen LogP contribution in [-0.4, -0.2) is 54.9 Å². The molecule has 0 spiro atoms. The van der Waals surface area contributed by atoms with Gasteiger partial charge in [-0.2, -0.15) is 0 Å². The quantitative estimate of drug-likeness (QED) is 0.354. The molecule has 0 aliphatic carbocycles. The summed E-state index contributed by atoms with van der Waals surface area (Å²) in [4.78, 5) is 38.1. The van der Waals surface area contributed by atoms with Gasteiger partial charge in [-0.15, -0.1) is 0 Å². The van der Waals surface area contributed by atoms with E-state index in [0.717, 1.165) is 16.6 Å². The van der Waals surface area contributed by atoms with Crippen molar-refractivity contribution in [3.63, 3.8) is 0 Å². The summed E-state index contributed by atoms with van der Waals surface area (Å²) in [6.07, 6.45) is 1.59. The van der Waals surface area contributed by atoms with Crippen LogP contribution >= 0.6 is 11.6 Å². The number of hydrogen-bond acceptors (Lipinski definition) is 6. The fraction of sp³-hybridized carbons (Fsp3) is 0.391. The van der Waals surface area contributed by atoms with Crippen molar-refractivity contribution < 1.29 is 22.9 Å². The van der Waals surface area contributed by atoms with E-state index >= 15 is 0 Å². The maximum atomic E-state index is 13.5. The number of nitro groups is 1. The fourth-order valence-electron chi connectivity index (χ4n) is 3.26. The molecule has 2 aromatic carbocycles. The number of hydrogen-bond donors (Lipinski definition) is 1. The molecule has 190 valence electrons. The number of carbonyl (C=O) groups excluding carboxylic acids is 2. The lowest BCUT2D eigenvalue weighted by atomic mass is 10.1. The minimum Gasteiger partial charge on any atom is -0.352 e. The molecule has 1 N–H and O–H groups in total. The first-order valence-electron chi connectivity index (χ1n) is 10.9. The molecule has 0 fully saturated rings. The largest absolute Gasteiger partial charge is 0.352 e. The van der Waals surface area contributed by atoms with E-state index in [2.05, 4.69) is 5.32 Å². The number of anilines is 1. The first-order chi connectivity index (χ1) is 16.3. The Bertz CT molecular complexity index is 1190. The number of nitrogens with one attached hydrogen (secondary N) is 1. The molecule has 2 amide bonds. The van der Waals surface area contributed by atoms with Crippen LogP contribution in [-0.2, 0) is 26.2 Å². The fourth-order valence-corrected chi connectivity index (χ4v) is 4.31. The second kappa shape index (κ2) is 12.0. The number of rotatable bonds is 11. The third kappa shape index (κ3) is 7.93. The minimum atomic E-state index is -4.00. The van der Waals surface area contributed by atoms with Crippen LogP contribution in [0.3, 0.4) is 0 Å². The van der Waals surface area contributed by atoms with E-state index in [9.17, 15) is 28.1 Å². The number of sulfonamides is 1. The van der Waals surface area contributed by atoms with E-state index < -0.39 is 39.3 Å². The summed E-state index contributed by atoms with van der Waals surface area (Å²) in [5.74, 6) is -1.05. The zero-order chi connectivity index (χ0) is 26.3. The first-order valence-corrected chi connectivity index (χ1v) is 13.1. The van der Waals surface area contributed by atoms with E-state index in [1.54, 1.807) is 31.2 Å². The van der Waals surface area contributed by atoms with Crippen LogP contribution in [0.25, 0.3) is 0 Å². The lowest BCUT2D eigenvalue weighted by Crippen LogP contribution is -2.52. The molecule has 0 bridgehead atoms. The van der Waals surface area contributed by atoms with Crippen molar-refractivity contribution in [2.75, 3.05) is 17.1 Å². The SMILES string of the molecule is CC[C@H](C)NC(=O)[C@H](C)N(Cc1cccc(Cl)c1)C(=O)CN(c1cccc([N+](=O)[O-])c1)S(C)(=O)=O. The summed E-state index contributed by atoms with van der Waals surface area (Å²) in [6.45, 7) is 4.65. The molecular weight excluding hydrogens is 496 g/mol. The van der Waals surface area contributed by atoms with Crippen molar-refractivity contribution in [1.29, 1.82) is 0 Å². The molecule has 0 aromatic heterocycles. The molecule has 2 aromatic rings. The Morgan fingerprint density at radius 3 is 2.37 bits per heavy atom. The third-order valence-corrected chi connectivity index (χ3v) is 6.79. The van der Waals surface area contributed by atoms with Gasteiger partial charge in [-0.25, -0.2) is 8.42 Å². The molecule has 0 radical (unpaired) electrons. The summed E-state index contributed by atoms with van der Waals surface area (Å²) < 4.78 is 25.9. The molecular formula is C23H29ClN4O6S. The topological polar surface area (TPSA) is 130 Å². The summed E-state index contributed by atoms with van der Waals surface area (Å²) >= 11 is 6.08. The smallest absolute Gasteiger partial charge is 0.271 e. The van der Waals surface area contributed by atoms with Gasteiger partial charge in [-0.1, -0.05) is 36.7 Å². The number of carbonyl (C=O) groups is 2. The number of benzene rings is 2. The van der Waals surface area contributed by atoms with Crippen molar-refractivity contribution in [3.8, 4) is 0 Å². The lowest BCUT2D eigenvalue weighted by Gasteiger charge is -2.32. The van der Waals surface area contributed by atoms with Gasteiger partial charge in [0.15, 0.2) is 0 Å². The van der Waals surface area contributed by atoms with E-state index in [1.165, 1.54) is 23.1 Å². The van der Waals surface area contributed by atoms with Gasteiger partial charge in [0.1, 0.15) is 12.6 Å². The number of non-ortho nitro benzene ring substituents is 1. The number of nitrogens with zero attached hydrogens (tertiary/aromatic N) is 3. The molecule has 0 aliphatic heterocycles. The van der Waals surface area contributed by atoms with Gasteiger partial charge >= 0.3 is 0 Å². The molecule has 0 unspecified atom stereocenters. The van der Waals surface area contributed by atoms with Crippen LogP contribution in [0.5, 0.6) is 0 Å². The second-order valence-electron chi connectivity index (χ2n) is 8.19. The van der Waals surface area contributed by atoms with Crippen LogP contribution in [0.15, 0.2) is 48.5 Å². The molecule has 10 nitrogen and oxygen atoms in total. The molecule has 0 saturated heterocycles. The number of halogens is 1. The van der Waals surface area contributed by atoms with Crippen LogP contribution in [0.4, 0.5) is 11.4 Å². The van der Waals surface area contributed by atoms with Crippen LogP contribution in [0.2, 0.25) is 5.02 Å². The van der Waals surface area contributed by atoms with Crippen molar-refractivity contribution in [3.05, 3.63) is 69.2 Å². The van der Waals surface area contributed by atoms with Crippen LogP contribution < -0.4 is 9.62 Å². The maximum Gasteiger partial charge on any atom is 0.271 e. The average molecular weight is 525 g/mol. The average Bonchev–Trinajstić information content (AvgIpc) is 2.79. The van der Waals surface area contributed by atoms with Crippen molar-refractivity contribution >= 4 is 44.8 Å². The number of amides is 2. The lowest BCUT2D eigenvalue weighted by molar-refractivity contribution is -0.384. The van der Waals surface area contributed by atoms with E-state index in [0.29, 0.717) is 17.0 Å². The Kier molecular flexibility index (Phi) is 9.61. The maximum absolute atomic E-state index is 13.5. The monoisotopic (exact) mass is 524 g/mol. The van der Waals surface area contributed by atoms with Gasteiger partial charge in [-0.05, 0) is 44.0 Å². The molecule has 2 atom stereocenters.